The minimum atomic E-state index is -2.76. The molecule has 0 amide bonds. The first-order valence-electron chi connectivity index (χ1n) is 4.25. The maximum Gasteiger partial charge on any atom is 0.380 e. The van der Waals surface area contributed by atoms with Crippen LogP contribution in [-0.2, 0) is 20.9 Å². The number of hydrogen-bond donors (Lipinski definition) is 1. The molecule has 5 nitrogen and oxygen atoms in total. The molecule has 88 valence electrons. The van der Waals surface area contributed by atoms with Crippen molar-refractivity contribution in [1.29, 1.82) is 0 Å². The lowest BCUT2D eigenvalue weighted by Gasteiger charge is -2.18. The fourth-order valence-electron chi connectivity index (χ4n) is 0.937. The maximum atomic E-state index is 10.6. The van der Waals surface area contributed by atoms with Crippen molar-refractivity contribution >= 4 is 24.5 Å². The number of rotatable bonds is 5. The molecule has 0 aliphatic heterocycles. The summed E-state index contributed by atoms with van der Waals surface area (Å²) >= 11 is 5.00. The van der Waals surface area contributed by atoms with Crippen LogP contribution in [0.4, 0.5) is 0 Å². The van der Waals surface area contributed by atoms with Gasteiger partial charge in [0.05, 0.1) is 5.56 Å². The van der Waals surface area contributed by atoms with Gasteiger partial charge in [-0.1, -0.05) is 0 Å². The van der Waals surface area contributed by atoms with Gasteiger partial charge in [0.25, 0.3) is 0 Å². The lowest BCUT2D eigenvalue weighted by Crippen LogP contribution is -1.98. The van der Waals surface area contributed by atoms with Crippen molar-refractivity contribution in [3.8, 4) is 5.75 Å². The molecule has 0 unspecified atom stereocenters. The number of carboxylic acids is 1. The highest BCUT2D eigenvalue weighted by atomic mass is 32.5. The zero-order valence-corrected chi connectivity index (χ0v) is 10.5. The van der Waals surface area contributed by atoms with E-state index in [1.165, 1.54) is 38.5 Å². The first-order valence-corrected chi connectivity index (χ1v) is 6.81. The number of aromatic carboxylic acids is 1. The van der Waals surface area contributed by atoms with Gasteiger partial charge in [-0.25, -0.2) is 4.79 Å². The van der Waals surface area contributed by atoms with Crippen molar-refractivity contribution in [2.75, 3.05) is 14.2 Å². The van der Waals surface area contributed by atoms with E-state index < -0.39 is 12.7 Å². The Hall–Kier alpha value is -0.940. The van der Waals surface area contributed by atoms with Gasteiger partial charge in [-0.15, -0.1) is 0 Å². The highest BCUT2D eigenvalue weighted by Gasteiger charge is 2.18. The second-order valence-electron chi connectivity index (χ2n) is 2.73. The molecule has 0 heterocycles. The van der Waals surface area contributed by atoms with Crippen LogP contribution < -0.4 is 4.52 Å². The summed E-state index contributed by atoms with van der Waals surface area (Å²) in [6, 6.07) is 5.84. The molecular formula is C9H11O5PS. The first kappa shape index (κ1) is 13.1. The molecule has 0 saturated heterocycles. The van der Waals surface area contributed by atoms with E-state index in [1.807, 2.05) is 0 Å². The van der Waals surface area contributed by atoms with Crippen LogP contribution in [-0.4, -0.2) is 25.3 Å². The van der Waals surface area contributed by atoms with Crippen LogP contribution in [0.3, 0.4) is 0 Å². The van der Waals surface area contributed by atoms with Gasteiger partial charge in [0.1, 0.15) is 5.75 Å². The smallest absolute Gasteiger partial charge is 0.380 e. The lowest BCUT2D eigenvalue weighted by atomic mass is 10.2. The van der Waals surface area contributed by atoms with Crippen LogP contribution in [0.5, 0.6) is 5.75 Å². The Bertz CT molecular complexity index is 408. The van der Waals surface area contributed by atoms with E-state index in [2.05, 4.69) is 0 Å². The maximum absolute atomic E-state index is 10.6. The van der Waals surface area contributed by atoms with Crippen molar-refractivity contribution < 1.29 is 23.5 Å². The molecule has 16 heavy (non-hydrogen) atoms. The lowest BCUT2D eigenvalue weighted by molar-refractivity contribution is 0.0697. The molecule has 1 N–H and O–H groups in total. The van der Waals surface area contributed by atoms with Crippen molar-refractivity contribution in [2.24, 2.45) is 0 Å². The molecule has 0 aliphatic carbocycles. The fourth-order valence-corrected chi connectivity index (χ4v) is 1.87. The molecule has 1 rings (SSSR count). The van der Waals surface area contributed by atoms with Crippen LogP contribution >= 0.6 is 6.72 Å². The fraction of sp³-hybridized carbons (Fsp3) is 0.222. The highest BCUT2D eigenvalue weighted by molar-refractivity contribution is 8.07. The molecular weight excluding hydrogens is 251 g/mol. The Kier molecular flexibility index (Phi) is 4.44. The van der Waals surface area contributed by atoms with Gasteiger partial charge < -0.3 is 18.7 Å². The van der Waals surface area contributed by atoms with Gasteiger partial charge in [0.2, 0.25) is 0 Å². The van der Waals surface area contributed by atoms with E-state index in [0.29, 0.717) is 5.75 Å². The number of carboxylic acid groups (broad SMARTS) is 1. The number of benzene rings is 1. The molecule has 0 fully saturated rings. The van der Waals surface area contributed by atoms with E-state index in [4.69, 9.17) is 30.5 Å². The predicted molar refractivity (Wildman–Crippen MR) is 62.3 cm³/mol. The van der Waals surface area contributed by atoms with Crippen molar-refractivity contribution in [3.05, 3.63) is 29.8 Å². The van der Waals surface area contributed by atoms with Crippen LogP contribution in [0.25, 0.3) is 0 Å². The molecule has 0 saturated carbocycles. The van der Waals surface area contributed by atoms with Crippen LogP contribution in [0.15, 0.2) is 24.3 Å². The minimum Gasteiger partial charge on any atom is -0.478 e. The topological polar surface area (TPSA) is 65.0 Å². The van der Waals surface area contributed by atoms with Crippen LogP contribution in [0, 0.1) is 0 Å². The molecule has 0 atom stereocenters. The normalized spacial score (nSPS) is 11.1. The summed E-state index contributed by atoms with van der Waals surface area (Å²) in [5.74, 6) is -0.582. The monoisotopic (exact) mass is 262 g/mol. The van der Waals surface area contributed by atoms with Gasteiger partial charge >= 0.3 is 12.7 Å². The minimum absolute atomic E-state index is 0.176. The second-order valence-corrected chi connectivity index (χ2v) is 5.88. The zero-order chi connectivity index (χ0) is 12.2. The molecule has 0 aromatic heterocycles. The molecule has 0 bridgehead atoms. The Balaban J connectivity index is 2.83. The van der Waals surface area contributed by atoms with E-state index in [0.717, 1.165) is 0 Å². The van der Waals surface area contributed by atoms with E-state index in [1.54, 1.807) is 0 Å². The van der Waals surface area contributed by atoms with E-state index >= 15 is 0 Å². The summed E-state index contributed by atoms with van der Waals surface area (Å²) in [6.45, 7) is -2.76. The van der Waals surface area contributed by atoms with Gasteiger partial charge in [0, 0.05) is 26.0 Å². The second kappa shape index (κ2) is 5.41. The Morgan fingerprint density at radius 3 is 2.12 bits per heavy atom. The Morgan fingerprint density at radius 2 is 1.75 bits per heavy atom. The zero-order valence-electron chi connectivity index (χ0n) is 8.75. The van der Waals surface area contributed by atoms with Gasteiger partial charge in [-0.2, -0.15) is 0 Å². The molecule has 1 aromatic rings. The summed E-state index contributed by atoms with van der Waals surface area (Å²) in [6.07, 6.45) is 0. The Morgan fingerprint density at radius 1 is 1.25 bits per heavy atom. The quantitative estimate of drug-likeness (QED) is 0.821. The SMILES string of the molecule is COP(=S)(OC)Oc1ccc(C(=O)O)cc1. The van der Waals surface area contributed by atoms with E-state index in [9.17, 15) is 4.79 Å². The third-order valence-electron chi connectivity index (χ3n) is 1.77. The van der Waals surface area contributed by atoms with Gasteiger partial charge in [-0.05, 0) is 24.3 Å². The van der Waals surface area contributed by atoms with Gasteiger partial charge in [-0.3, -0.25) is 0 Å². The average molecular weight is 262 g/mol. The molecule has 0 radical (unpaired) electrons. The van der Waals surface area contributed by atoms with Crippen LogP contribution in [0.1, 0.15) is 10.4 Å². The third-order valence-corrected chi connectivity index (χ3v) is 4.21. The Labute approximate surface area is 98.2 Å². The molecule has 1 aromatic carbocycles. The average Bonchev–Trinajstić information content (AvgIpc) is 2.29. The molecule has 0 aliphatic rings. The summed E-state index contributed by atoms with van der Waals surface area (Å²) in [5, 5.41) is 8.70. The predicted octanol–water partition coefficient (Wildman–Crippen LogP) is 2.28. The largest absolute Gasteiger partial charge is 0.478 e. The first-order chi connectivity index (χ1) is 7.50. The highest BCUT2D eigenvalue weighted by Crippen LogP contribution is 2.48. The molecule has 0 spiro atoms. The summed E-state index contributed by atoms with van der Waals surface area (Å²) in [5.41, 5.74) is 0.176. The molecule has 7 heteroatoms. The van der Waals surface area contributed by atoms with Crippen molar-refractivity contribution in [1.82, 2.24) is 0 Å². The van der Waals surface area contributed by atoms with Crippen LogP contribution in [0.2, 0.25) is 0 Å². The summed E-state index contributed by atoms with van der Waals surface area (Å²) < 4.78 is 15.2. The number of hydrogen-bond acceptors (Lipinski definition) is 5. The van der Waals surface area contributed by atoms with Crippen molar-refractivity contribution in [2.45, 2.75) is 0 Å². The summed E-state index contributed by atoms with van der Waals surface area (Å²) in [7, 11) is 2.80. The standard InChI is InChI=1S/C9H11O5PS/c1-12-15(16,13-2)14-8-5-3-7(4-6-8)9(10)11/h3-6H,1-2H3,(H,10,11). The number of carbonyl (C=O) groups is 1. The van der Waals surface area contributed by atoms with Gasteiger partial charge in [0.15, 0.2) is 0 Å². The van der Waals surface area contributed by atoms with Crippen molar-refractivity contribution in [3.63, 3.8) is 0 Å². The van der Waals surface area contributed by atoms with E-state index in [-0.39, 0.29) is 5.56 Å². The summed E-state index contributed by atoms with van der Waals surface area (Å²) in [4.78, 5) is 10.6. The third kappa shape index (κ3) is 3.28.